The third kappa shape index (κ3) is 5.90. The number of amides is 2. The van der Waals surface area contributed by atoms with Crippen LogP contribution in [0, 0.1) is 0 Å². The molecule has 0 radical (unpaired) electrons. The zero-order chi connectivity index (χ0) is 20.5. The Morgan fingerprint density at radius 2 is 1.62 bits per heavy atom. The first-order chi connectivity index (χ1) is 14.2. The number of rotatable bonds is 8. The maximum atomic E-state index is 12.4. The summed E-state index contributed by atoms with van der Waals surface area (Å²) in [4.78, 5) is 28.8. The van der Waals surface area contributed by atoms with Crippen LogP contribution in [0.5, 0.6) is 5.75 Å². The van der Waals surface area contributed by atoms with E-state index < -0.39 is 0 Å². The molecule has 3 aromatic rings. The third-order valence-electron chi connectivity index (χ3n) is 4.42. The molecule has 0 aliphatic heterocycles. The van der Waals surface area contributed by atoms with E-state index in [2.05, 4.69) is 15.6 Å². The second kappa shape index (κ2) is 10.0. The molecule has 1 aromatic heterocycles. The van der Waals surface area contributed by atoms with Crippen molar-refractivity contribution in [1.82, 2.24) is 15.6 Å². The van der Waals surface area contributed by atoms with Crippen molar-refractivity contribution in [2.75, 3.05) is 13.7 Å². The maximum absolute atomic E-state index is 12.4. The van der Waals surface area contributed by atoms with Gasteiger partial charge in [-0.05, 0) is 53.9 Å². The van der Waals surface area contributed by atoms with Gasteiger partial charge >= 0.3 is 0 Å². The predicted octanol–water partition coefficient (Wildman–Crippen LogP) is 2.99. The Hall–Kier alpha value is -3.67. The second-order valence-corrected chi connectivity index (χ2v) is 6.48. The zero-order valence-corrected chi connectivity index (χ0v) is 16.2. The number of nitrogens with one attached hydrogen (secondary N) is 2. The first kappa shape index (κ1) is 20.1. The molecule has 6 nitrogen and oxygen atoms in total. The Kier molecular flexibility index (Phi) is 6.95. The number of aromatic nitrogens is 1. The van der Waals surface area contributed by atoms with Crippen LogP contribution in [0.15, 0.2) is 73.1 Å². The smallest absolute Gasteiger partial charge is 0.251 e. The number of benzene rings is 2. The highest BCUT2D eigenvalue weighted by Gasteiger charge is 2.10. The van der Waals surface area contributed by atoms with Crippen LogP contribution in [-0.4, -0.2) is 30.5 Å². The van der Waals surface area contributed by atoms with E-state index in [-0.39, 0.29) is 11.8 Å². The summed E-state index contributed by atoms with van der Waals surface area (Å²) in [6.07, 6.45) is 4.09. The Balaban J connectivity index is 1.52. The van der Waals surface area contributed by atoms with Crippen LogP contribution < -0.4 is 15.4 Å². The average molecular weight is 389 g/mol. The van der Waals surface area contributed by atoms with Crippen molar-refractivity contribution < 1.29 is 14.3 Å². The molecular weight excluding hydrogens is 366 g/mol. The van der Waals surface area contributed by atoms with Crippen LogP contribution in [0.3, 0.4) is 0 Å². The van der Waals surface area contributed by atoms with Gasteiger partial charge in [0, 0.05) is 36.6 Å². The first-order valence-corrected chi connectivity index (χ1v) is 9.34. The van der Waals surface area contributed by atoms with E-state index in [0.717, 1.165) is 16.9 Å². The van der Waals surface area contributed by atoms with E-state index in [1.54, 1.807) is 43.8 Å². The van der Waals surface area contributed by atoms with Gasteiger partial charge in [-0.15, -0.1) is 0 Å². The van der Waals surface area contributed by atoms with Crippen LogP contribution in [0.2, 0.25) is 0 Å². The number of nitrogens with zero attached hydrogens (tertiary/aromatic N) is 1. The lowest BCUT2D eigenvalue weighted by molar-refractivity contribution is 0.0950. The van der Waals surface area contributed by atoms with Crippen molar-refractivity contribution in [2.24, 2.45) is 0 Å². The zero-order valence-electron chi connectivity index (χ0n) is 16.2. The lowest BCUT2D eigenvalue weighted by Gasteiger charge is -2.08. The minimum absolute atomic E-state index is 0.208. The van der Waals surface area contributed by atoms with Gasteiger partial charge in [0.2, 0.25) is 0 Å². The fourth-order valence-electron chi connectivity index (χ4n) is 2.80. The highest BCUT2D eigenvalue weighted by molar-refractivity contribution is 5.99. The average Bonchev–Trinajstić information content (AvgIpc) is 2.78. The largest absolute Gasteiger partial charge is 0.497 e. The van der Waals surface area contributed by atoms with Gasteiger partial charge in [0.05, 0.1) is 7.11 Å². The number of ether oxygens (including phenoxy) is 1. The summed E-state index contributed by atoms with van der Waals surface area (Å²) in [5.41, 5.74) is 2.91. The molecule has 0 fully saturated rings. The van der Waals surface area contributed by atoms with Crippen LogP contribution in [0.1, 0.15) is 31.8 Å². The highest BCUT2D eigenvalue weighted by atomic mass is 16.5. The van der Waals surface area contributed by atoms with Crippen molar-refractivity contribution in [3.8, 4) is 5.75 Å². The van der Waals surface area contributed by atoms with Gasteiger partial charge in [-0.1, -0.05) is 24.3 Å². The molecule has 0 unspecified atom stereocenters. The number of pyridine rings is 1. The molecule has 0 aliphatic rings. The Labute approximate surface area is 169 Å². The molecule has 1 heterocycles. The summed E-state index contributed by atoms with van der Waals surface area (Å²) in [5, 5.41) is 5.72. The maximum Gasteiger partial charge on any atom is 0.251 e. The molecule has 0 aliphatic carbocycles. The van der Waals surface area contributed by atoms with E-state index in [4.69, 9.17) is 4.74 Å². The molecule has 0 spiro atoms. The Morgan fingerprint density at radius 1 is 0.897 bits per heavy atom. The van der Waals surface area contributed by atoms with Crippen LogP contribution in [0.4, 0.5) is 0 Å². The molecule has 148 valence electrons. The normalized spacial score (nSPS) is 10.2. The van der Waals surface area contributed by atoms with Crippen LogP contribution >= 0.6 is 0 Å². The minimum atomic E-state index is -0.235. The summed E-state index contributed by atoms with van der Waals surface area (Å²) in [5.74, 6) is 0.360. The summed E-state index contributed by atoms with van der Waals surface area (Å²) in [6.45, 7) is 0.882. The van der Waals surface area contributed by atoms with E-state index in [9.17, 15) is 9.59 Å². The lowest BCUT2D eigenvalue weighted by Crippen LogP contribution is -2.27. The van der Waals surface area contributed by atoms with E-state index in [0.29, 0.717) is 30.6 Å². The first-order valence-electron chi connectivity index (χ1n) is 9.34. The fraction of sp³-hybridized carbons (Fsp3) is 0.174. The van der Waals surface area contributed by atoms with Crippen LogP contribution in [0.25, 0.3) is 0 Å². The van der Waals surface area contributed by atoms with Crippen molar-refractivity contribution >= 4 is 11.8 Å². The lowest BCUT2D eigenvalue weighted by atomic mass is 10.1. The quantitative estimate of drug-likeness (QED) is 0.621. The van der Waals surface area contributed by atoms with Crippen molar-refractivity contribution in [3.05, 3.63) is 95.3 Å². The standard InChI is InChI=1S/C23H23N3O3/c1-29-21-9-7-17(8-10-21)11-13-25-22(27)19-5-2-6-20(14-19)23(28)26-16-18-4-3-12-24-15-18/h2-10,12,14-15H,11,13,16H2,1H3,(H,25,27)(H,26,28). The predicted molar refractivity (Wildman–Crippen MR) is 111 cm³/mol. The van der Waals surface area contributed by atoms with Gasteiger partial charge < -0.3 is 15.4 Å². The molecule has 0 atom stereocenters. The van der Waals surface area contributed by atoms with E-state index >= 15 is 0 Å². The Bertz CT molecular complexity index is 957. The fourth-order valence-corrected chi connectivity index (χ4v) is 2.80. The summed E-state index contributed by atoms with van der Waals surface area (Å²) in [7, 11) is 1.63. The van der Waals surface area contributed by atoms with Gasteiger partial charge in [-0.3, -0.25) is 14.6 Å². The molecule has 2 aromatic carbocycles. The molecular formula is C23H23N3O3. The number of hydrogen-bond donors (Lipinski definition) is 2. The van der Waals surface area contributed by atoms with Gasteiger partial charge in [0.15, 0.2) is 0 Å². The van der Waals surface area contributed by atoms with Crippen LogP contribution in [-0.2, 0) is 13.0 Å². The number of hydrogen-bond acceptors (Lipinski definition) is 4. The minimum Gasteiger partial charge on any atom is -0.497 e. The van der Waals surface area contributed by atoms with Gasteiger partial charge in [0.25, 0.3) is 11.8 Å². The van der Waals surface area contributed by atoms with Gasteiger partial charge in [-0.25, -0.2) is 0 Å². The SMILES string of the molecule is COc1ccc(CCNC(=O)c2cccc(C(=O)NCc3cccnc3)c2)cc1. The second-order valence-electron chi connectivity index (χ2n) is 6.48. The summed E-state index contributed by atoms with van der Waals surface area (Å²) >= 11 is 0. The highest BCUT2D eigenvalue weighted by Crippen LogP contribution is 2.11. The molecule has 6 heteroatoms. The molecule has 0 saturated carbocycles. The van der Waals surface area contributed by atoms with Gasteiger partial charge in [-0.2, -0.15) is 0 Å². The van der Waals surface area contributed by atoms with E-state index in [1.165, 1.54) is 0 Å². The molecule has 0 saturated heterocycles. The Morgan fingerprint density at radius 3 is 2.28 bits per heavy atom. The van der Waals surface area contributed by atoms with Crippen molar-refractivity contribution in [3.63, 3.8) is 0 Å². The number of methoxy groups -OCH3 is 1. The summed E-state index contributed by atoms with van der Waals surface area (Å²) in [6, 6.07) is 18.1. The van der Waals surface area contributed by atoms with Gasteiger partial charge in [0.1, 0.15) is 5.75 Å². The van der Waals surface area contributed by atoms with Crippen molar-refractivity contribution in [2.45, 2.75) is 13.0 Å². The van der Waals surface area contributed by atoms with Crippen molar-refractivity contribution in [1.29, 1.82) is 0 Å². The third-order valence-corrected chi connectivity index (χ3v) is 4.42. The monoisotopic (exact) mass is 389 g/mol. The molecule has 2 amide bonds. The summed E-state index contributed by atoms with van der Waals surface area (Å²) < 4.78 is 5.14. The molecule has 0 bridgehead atoms. The molecule has 2 N–H and O–H groups in total. The molecule has 3 rings (SSSR count). The molecule has 29 heavy (non-hydrogen) atoms. The van der Waals surface area contributed by atoms with E-state index in [1.807, 2.05) is 36.4 Å². The number of carbonyl (C=O) groups is 2. The number of carbonyl (C=O) groups excluding carboxylic acids is 2. The topological polar surface area (TPSA) is 80.3 Å².